The number of rotatable bonds is 4. The van der Waals surface area contributed by atoms with Crippen LogP contribution in [0.25, 0.3) is 5.69 Å². The van der Waals surface area contributed by atoms with Gasteiger partial charge in [0.2, 0.25) is 0 Å². The fourth-order valence-corrected chi connectivity index (χ4v) is 3.53. The summed E-state index contributed by atoms with van der Waals surface area (Å²) in [7, 11) is 0. The second kappa shape index (κ2) is 8.58. The van der Waals surface area contributed by atoms with Crippen molar-refractivity contribution in [2.45, 2.75) is 12.7 Å². The fourth-order valence-electron chi connectivity index (χ4n) is 2.95. The van der Waals surface area contributed by atoms with Gasteiger partial charge in [-0.2, -0.15) is 13.2 Å². The number of anilines is 2. The van der Waals surface area contributed by atoms with E-state index in [0.29, 0.717) is 0 Å². The zero-order valence-electron chi connectivity index (χ0n) is 15.5. The lowest BCUT2D eigenvalue weighted by molar-refractivity contribution is -0.137. The first-order chi connectivity index (χ1) is 14.6. The molecule has 0 unspecified atom stereocenters. The van der Waals surface area contributed by atoms with Gasteiger partial charge in [0.25, 0.3) is 11.5 Å². The van der Waals surface area contributed by atoms with E-state index in [1.54, 1.807) is 6.07 Å². The predicted molar refractivity (Wildman–Crippen MR) is 112 cm³/mol. The van der Waals surface area contributed by atoms with E-state index in [4.69, 9.17) is 34.7 Å². The van der Waals surface area contributed by atoms with E-state index in [9.17, 15) is 22.8 Å². The number of nitrogens with two attached hydrogens (primary N) is 2. The molecule has 0 saturated heterocycles. The van der Waals surface area contributed by atoms with Gasteiger partial charge in [0.15, 0.2) is 0 Å². The summed E-state index contributed by atoms with van der Waals surface area (Å²) in [5, 5.41) is 2.26. The van der Waals surface area contributed by atoms with Crippen molar-refractivity contribution in [1.82, 2.24) is 9.55 Å². The van der Waals surface area contributed by atoms with Gasteiger partial charge in [0.05, 0.1) is 27.0 Å². The van der Waals surface area contributed by atoms with Crippen molar-refractivity contribution < 1.29 is 18.0 Å². The Bertz CT molecular complexity index is 1210. The van der Waals surface area contributed by atoms with Gasteiger partial charge in [-0.05, 0) is 23.8 Å². The molecule has 0 bridgehead atoms. The van der Waals surface area contributed by atoms with Crippen LogP contribution in [0.4, 0.5) is 24.7 Å². The molecule has 0 spiro atoms. The highest BCUT2D eigenvalue weighted by Crippen LogP contribution is 2.37. The predicted octanol–water partition coefficient (Wildman–Crippen LogP) is 3.85. The lowest BCUT2D eigenvalue weighted by atomic mass is 10.0. The van der Waals surface area contributed by atoms with Crippen molar-refractivity contribution in [2.24, 2.45) is 5.73 Å². The molecule has 12 heteroatoms. The molecule has 0 atom stereocenters. The number of carbonyl (C=O) groups is 1. The molecule has 7 nitrogen and oxygen atoms in total. The zero-order valence-corrected chi connectivity index (χ0v) is 17.0. The Balaban J connectivity index is 2.12. The Labute approximate surface area is 183 Å². The van der Waals surface area contributed by atoms with Crippen LogP contribution >= 0.6 is 23.2 Å². The number of benzene rings is 2. The van der Waals surface area contributed by atoms with Crippen molar-refractivity contribution in [1.29, 1.82) is 0 Å². The zero-order chi connectivity index (χ0) is 22.9. The second-order valence-electron chi connectivity index (χ2n) is 6.25. The minimum atomic E-state index is -4.80. The SMILES string of the molecule is NCc1cccc(NC(=O)c2c(N)ncn(-c3c(Cl)cccc3Cl)c2=O)c1C(F)(F)F. The van der Waals surface area contributed by atoms with Crippen molar-refractivity contribution in [3.63, 3.8) is 0 Å². The number of hydrogen-bond acceptors (Lipinski definition) is 5. The number of carbonyl (C=O) groups excluding carboxylic acids is 1. The van der Waals surface area contributed by atoms with Crippen LogP contribution in [0.2, 0.25) is 10.0 Å². The van der Waals surface area contributed by atoms with Crippen LogP contribution in [0.15, 0.2) is 47.5 Å². The quantitative estimate of drug-likeness (QED) is 0.534. The molecule has 1 aromatic heterocycles. The van der Waals surface area contributed by atoms with Crippen LogP contribution in [0, 0.1) is 0 Å². The van der Waals surface area contributed by atoms with Crippen molar-refractivity contribution in [3.05, 3.63) is 79.8 Å². The molecule has 1 heterocycles. The Morgan fingerprint density at radius 1 is 1.13 bits per heavy atom. The maximum Gasteiger partial charge on any atom is 0.418 e. The molecule has 1 amide bonds. The van der Waals surface area contributed by atoms with E-state index in [1.165, 1.54) is 24.3 Å². The number of para-hydroxylation sites is 1. The van der Waals surface area contributed by atoms with Crippen LogP contribution in [0.5, 0.6) is 0 Å². The minimum Gasteiger partial charge on any atom is -0.383 e. The molecule has 0 radical (unpaired) electrons. The number of nitrogens with zero attached hydrogens (tertiary/aromatic N) is 2. The molecule has 5 N–H and O–H groups in total. The van der Waals surface area contributed by atoms with E-state index in [-0.39, 0.29) is 21.3 Å². The van der Waals surface area contributed by atoms with Gasteiger partial charge in [-0.1, -0.05) is 41.4 Å². The summed E-state index contributed by atoms with van der Waals surface area (Å²) >= 11 is 12.2. The topological polar surface area (TPSA) is 116 Å². The molecule has 162 valence electrons. The molecule has 0 aliphatic heterocycles. The third-order valence-electron chi connectivity index (χ3n) is 4.31. The van der Waals surface area contributed by atoms with Gasteiger partial charge in [-0.15, -0.1) is 0 Å². The standard InChI is InChI=1S/C19H14Cl2F3N5O2/c20-10-4-2-5-11(21)15(10)29-8-27-16(26)13(18(29)31)17(30)28-12-6-1-3-9(7-25)14(12)19(22,23)24/h1-6,8H,7,25-26H2,(H,28,30). The van der Waals surface area contributed by atoms with Gasteiger partial charge in [-0.3, -0.25) is 14.2 Å². The third kappa shape index (κ3) is 4.36. The number of aromatic nitrogens is 2. The maximum absolute atomic E-state index is 13.5. The average molecular weight is 472 g/mol. The van der Waals surface area contributed by atoms with Crippen molar-refractivity contribution in [3.8, 4) is 5.69 Å². The van der Waals surface area contributed by atoms with Gasteiger partial charge in [-0.25, -0.2) is 4.98 Å². The van der Waals surface area contributed by atoms with Crippen LogP contribution < -0.4 is 22.3 Å². The summed E-state index contributed by atoms with van der Waals surface area (Å²) in [6.45, 7) is -0.411. The highest BCUT2D eigenvalue weighted by molar-refractivity contribution is 6.37. The van der Waals surface area contributed by atoms with Gasteiger partial charge in [0.1, 0.15) is 17.7 Å². The molecule has 0 aliphatic rings. The summed E-state index contributed by atoms with van der Waals surface area (Å²) in [6.07, 6.45) is -3.79. The summed E-state index contributed by atoms with van der Waals surface area (Å²) in [4.78, 5) is 29.5. The Hall–Kier alpha value is -3.08. The van der Waals surface area contributed by atoms with Crippen LogP contribution in [-0.2, 0) is 12.7 Å². The molecule has 0 aliphatic carbocycles. The van der Waals surface area contributed by atoms with E-state index in [2.05, 4.69) is 10.3 Å². The molecule has 3 rings (SSSR count). The van der Waals surface area contributed by atoms with E-state index >= 15 is 0 Å². The molecule has 0 fully saturated rings. The summed E-state index contributed by atoms with van der Waals surface area (Å²) in [6, 6.07) is 7.97. The largest absolute Gasteiger partial charge is 0.418 e. The summed E-state index contributed by atoms with van der Waals surface area (Å²) < 4.78 is 41.5. The van der Waals surface area contributed by atoms with E-state index in [0.717, 1.165) is 17.0 Å². The first-order valence-corrected chi connectivity index (χ1v) is 9.33. The van der Waals surface area contributed by atoms with E-state index < -0.39 is 46.8 Å². The first-order valence-electron chi connectivity index (χ1n) is 8.58. The summed E-state index contributed by atoms with van der Waals surface area (Å²) in [5.74, 6) is -1.67. The normalized spacial score (nSPS) is 11.4. The molecule has 3 aromatic rings. The lowest BCUT2D eigenvalue weighted by Crippen LogP contribution is -2.31. The Morgan fingerprint density at radius 3 is 2.32 bits per heavy atom. The highest BCUT2D eigenvalue weighted by atomic mass is 35.5. The van der Waals surface area contributed by atoms with Gasteiger partial charge in [0, 0.05) is 6.54 Å². The van der Waals surface area contributed by atoms with Crippen LogP contribution in [-0.4, -0.2) is 15.5 Å². The Morgan fingerprint density at radius 2 is 1.74 bits per heavy atom. The maximum atomic E-state index is 13.5. The number of alkyl halides is 3. The number of amides is 1. The second-order valence-corrected chi connectivity index (χ2v) is 7.06. The highest BCUT2D eigenvalue weighted by Gasteiger charge is 2.36. The third-order valence-corrected chi connectivity index (χ3v) is 4.92. The Kier molecular flexibility index (Phi) is 6.25. The fraction of sp³-hybridized carbons (Fsp3) is 0.105. The van der Waals surface area contributed by atoms with Gasteiger partial charge < -0.3 is 16.8 Å². The summed E-state index contributed by atoms with van der Waals surface area (Å²) in [5.41, 5.74) is 7.55. The number of hydrogen-bond donors (Lipinski definition) is 3. The van der Waals surface area contributed by atoms with Gasteiger partial charge >= 0.3 is 6.18 Å². The number of halogens is 5. The lowest BCUT2D eigenvalue weighted by Gasteiger charge is -2.17. The monoisotopic (exact) mass is 471 g/mol. The van der Waals surface area contributed by atoms with Crippen LogP contribution in [0.1, 0.15) is 21.5 Å². The minimum absolute atomic E-state index is 0.0403. The molecule has 2 aromatic carbocycles. The van der Waals surface area contributed by atoms with Crippen molar-refractivity contribution in [2.75, 3.05) is 11.1 Å². The van der Waals surface area contributed by atoms with Crippen molar-refractivity contribution >= 4 is 40.6 Å². The number of nitrogens with one attached hydrogen (secondary N) is 1. The first kappa shape index (κ1) is 22.6. The number of nitrogen functional groups attached to an aromatic ring is 1. The molecular weight excluding hydrogens is 458 g/mol. The molecule has 31 heavy (non-hydrogen) atoms. The average Bonchev–Trinajstić information content (AvgIpc) is 2.68. The van der Waals surface area contributed by atoms with E-state index in [1.807, 2.05) is 0 Å². The smallest absolute Gasteiger partial charge is 0.383 e. The van der Waals surface area contributed by atoms with Crippen LogP contribution in [0.3, 0.4) is 0 Å². The molecule has 0 saturated carbocycles. The molecular formula is C19H14Cl2F3N5O2.